The van der Waals surface area contributed by atoms with Crippen molar-refractivity contribution < 1.29 is 8.78 Å². The lowest BCUT2D eigenvalue weighted by molar-refractivity contribution is 0.205. The molecule has 0 atom stereocenters. The third-order valence-corrected chi connectivity index (χ3v) is 3.62. The number of rotatable bonds is 4. The quantitative estimate of drug-likeness (QED) is 0.888. The van der Waals surface area contributed by atoms with Crippen LogP contribution >= 0.6 is 0 Å². The molecule has 1 aliphatic heterocycles. The van der Waals surface area contributed by atoms with Crippen LogP contribution in [0.25, 0.3) is 0 Å². The van der Waals surface area contributed by atoms with E-state index in [1.54, 1.807) is 0 Å². The first kappa shape index (κ1) is 13.4. The Bertz CT molecular complexity index is 387. The molecule has 1 heterocycles. The van der Waals surface area contributed by atoms with Gasteiger partial charge in [0.1, 0.15) is 11.6 Å². The zero-order valence-electron chi connectivity index (χ0n) is 10.8. The molecule has 1 aliphatic rings. The third kappa shape index (κ3) is 3.50. The van der Waals surface area contributed by atoms with Crippen LogP contribution in [0.4, 0.5) is 8.78 Å². The first-order chi connectivity index (χ1) is 8.69. The summed E-state index contributed by atoms with van der Waals surface area (Å²) in [6, 6.07) is 4.02. The highest BCUT2D eigenvalue weighted by molar-refractivity contribution is 5.18. The van der Waals surface area contributed by atoms with Gasteiger partial charge in [-0.3, -0.25) is 0 Å². The SMILES string of the molecule is CCN1CCC(NCc2cc(F)ccc2F)CC1. The summed E-state index contributed by atoms with van der Waals surface area (Å²) in [5.41, 5.74) is 0.410. The molecule has 2 rings (SSSR count). The molecule has 0 unspecified atom stereocenters. The van der Waals surface area contributed by atoms with E-state index in [0.717, 1.165) is 38.5 Å². The molecular weight excluding hydrogens is 234 g/mol. The minimum Gasteiger partial charge on any atom is -0.310 e. The molecule has 2 nitrogen and oxygen atoms in total. The first-order valence-corrected chi connectivity index (χ1v) is 6.58. The van der Waals surface area contributed by atoms with Gasteiger partial charge in [-0.05, 0) is 50.7 Å². The average molecular weight is 254 g/mol. The largest absolute Gasteiger partial charge is 0.310 e. The number of halogens is 2. The van der Waals surface area contributed by atoms with Crippen LogP contribution in [0.2, 0.25) is 0 Å². The molecule has 0 saturated carbocycles. The molecule has 4 heteroatoms. The van der Waals surface area contributed by atoms with Gasteiger partial charge in [-0.2, -0.15) is 0 Å². The minimum atomic E-state index is -0.381. The molecule has 1 N–H and O–H groups in total. The Morgan fingerprint density at radius 3 is 2.67 bits per heavy atom. The maximum atomic E-state index is 13.4. The summed E-state index contributed by atoms with van der Waals surface area (Å²) in [5.74, 6) is -0.719. The van der Waals surface area contributed by atoms with Gasteiger partial charge in [0, 0.05) is 18.2 Å². The van der Waals surface area contributed by atoms with Gasteiger partial charge in [0.15, 0.2) is 0 Å². The molecule has 100 valence electrons. The molecule has 1 saturated heterocycles. The standard InChI is InChI=1S/C14H20F2N2/c1-2-18-7-5-13(6-8-18)17-10-11-9-12(15)3-4-14(11)16/h3-4,9,13,17H,2,5-8,10H2,1H3. The van der Waals surface area contributed by atoms with E-state index in [2.05, 4.69) is 17.1 Å². The van der Waals surface area contributed by atoms with E-state index < -0.39 is 0 Å². The zero-order chi connectivity index (χ0) is 13.0. The molecule has 0 bridgehead atoms. The van der Waals surface area contributed by atoms with Gasteiger partial charge in [0.05, 0.1) is 0 Å². The van der Waals surface area contributed by atoms with E-state index in [-0.39, 0.29) is 11.6 Å². The second kappa shape index (κ2) is 6.25. The van der Waals surface area contributed by atoms with E-state index >= 15 is 0 Å². The summed E-state index contributed by atoms with van der Waals surface area (Å²) in [4.78, 5) is 2.40. The van der Waals surface area contributed by atoms with Gasteiger partial charge >= 0.3 is 0 Å². The van der Waals surface area contributed by atoms with Gasteiger partial charge in [0.2, 0.25) is 0 Å². The molecule has 0 aromatic heterocycles. The molecule has 1 aromatic rings. The number of hydrogen-bond acceptors (Lipinski definition) is 2. The summed E-state index contributed by atoms with van der Waals surface area (Å²) < 4.78 is 26.4. The maximum absolute atomic E-state index is 13.4. The van der Waals surface area contributed by atoms with Crippen molar-refractivity contribution in [3.05, 3.63) is 35.4 Å². The van der Waals surface area contributed by atoms with Gasteiger partial charge in [-0.15, -0.1) is 0 Å². The highest BCUT2D eigenvalue weighted by Gasteiger charge is 2.17. The molecule has 0 radical (unpaired) electrons. The molecule has 1 fully saturated rings. The predicted octanol–water partition coefficient (Wildman–Crippen LogP) is 2.54. The van der Waals surface area contributed by atoms with Crippen LogP contribution in [0.15, 0.2) is 18.2 Å². The Morgan fingerprint density at radius 1 is 1.28 bits per heavy atom. The number of piperidine rings is 1. The minimum absolute atomic E-state index is 0.338. The van der Waals surface area contributed by atoms with Gasteiger partial charge in [-0.25, -0.2) is 8.78 Å². The Balaban J connectivity index is 1.83. The van der Waals surface area contributed by atoms with Gasteiger partial charge < -0.3 is 10.2 Å². The highest BCUT2D eigenvalue weighted by atomic mass is 19.1. The fraction of sp³-hybridized carbons (Fsp3) is 0.571. The molecule has 0 amide bonds. The third-order valence-electron chi connectivity index (χ3n) is 3.62. The highest BCUT2D eigenvalue weighted by Crippen LogP contribution is 2.13. The van der Waals surface area contributed by atoms with Gasteiger partial charge in [-0.1, -0.05) is 6.92 Å². The van der Waals surface area contributed by atoms with Gasteiger partial charge in [0.25, 0.3) is 0 Å². The van der Waals surface area contributed by atoms with E-state index in [1.165, 1.54) is 12.1 Å². The number of nitrogens with zero attached hydrogens (tertiary/aromatic N) is 1. The summed E-state index contributed by atoms with van der Waals surface area (Å²) in [6.45, 7) is 5.82. The van der Waals surface area contributed by atoms with Crippen molar-refractivity contribution in [2.45, 2.75) is 32.4 Å². The van der Waals surface area contributed by atoms with E-state index in [1.807, 2.05) is 0 Å². The Morgan fingerprint density at radius 2 is 2.00 bits per heavy atom. The lowest BCUT2D eigenvalue weighted by atomic mass is 10.0. The zero-order valence-corrected chi connectivity index (χ0v) is 10.8. The Labute approximate surface area is 107 Å². The molecule has 1 aromatic carbocycles. The number of hydrogen-bond donors (Lipinski definition) is 1. The lowest BCUT2D eigenvalue weighted by Gasteiger charge is -2.31. The maximum Gasteiger partial charge on any atom is 0.127 e. The fourth-order valence-corrected chi connectivity index (χ4v) is 2.39. The topological polar surface area (TPSA) is 15.3 Å². The number of likely N-dealkylation sites (tertiary alicyclic amines) is 1. The van der Waals surface area contributed by atoms with Crippen molar-refractivity contribution in [3.63, 3.8) is 0 Å². The van der Waals surface area contributed by atoms with Crippen LogP contribution in [0, 0.1) is 11.6 Å². The predicted molar refractivity (Wildman–Crippen MR) is 68.3 cm³/mol. The second-order valence-corrected chi connectivity index (χ2v) is 4.83. The van der Waals surface area contributed by atoms with Crippen molar-refractivity contribution in [3.8, 4) is 0 Å². The average Bonchev–Trinajstić information content (AvgIpc) is 2.40. The normalized spacial score (nSPS) is 18.2. The van der Waals surface area contributed by atoms with E-state index in [0.29, 0.717) is 18.2 Å². The summed E-state index contributed by atoms with van der Waals surface area (Å²) in [7, 11) is 0. The van der Waals surface area contributed by atoms with Crippen molar-refractivity contribution in [2.75, 3.05) is 19.6 Å². The van der Waals surface area contributed by atoms with Crippen molar-refractivity contribution in [1.29, 1.82) is 0 Å². The molecule has 18 heavy (non-hydrogen) atoms. The smallest absolute Gasteiger partial charge is 0.127 e. The Kier molecular flexibility index (Phi) is 4.66. The molecule has 0 aliphatic carbocycles. The van der Waals surface area contributed by atoms with Crippen molar-refractivity contribution >= 4 is 0 Å². The first-order valence-electron chi connectivity index (χ1n) is 6.58. The van der Waals surface area contributed by atoms with Crippen LogP contribution in [0.1, 0.15) is 25.3 Å². The van der Waals surface area contributed by atoms with E-state index in [4.69, 9.17) is 0 Å². The number of nitrogens with one attached hydrogen (secondary N) is 1. The summed E-state index contributed by atoms with van der Waals surface area (Å²) in [5, 5.41) is 3.32. The second-order valence-electron chi connectivity index (χ2n) is 4.83. The van der Waals surface area contributed by atoms with Crippen LogP contribution in [0.3, 0.4) is 0 Å². The monoisotopic (exact) mass is 254 g/mol. The molecule has 0 spiro atoms. The van der Waals surface area contributed by atoms with Crippen LogP contribution in [0.5, 0.6) is 0 Å². The fourth-order valence-electron chi connectivity index (χ4n) is 2.39. The molecular formula is C14H20F2N2. The summed E-state index contributed by atoms with van der Waals surface area (Å²) in [6.07, 6.45) is 2.15. The van der Waals surface area contributed by atoms with Crippen LogP contribution in [-0.4, -0.2) is 30.6 Å². The van der Waals surface area contributed by atoms with Crippen molar-refractivity contribution in [1.82, 2.24) is 10.2 Å². The lowest BCUT2D eigenvalue weighted by Crippen LogP contribution is -2.42. The number of benzene rings is 1. The summed E-state index contributed by atoms with van der Waals surface area (Å²) >= 11 is 0. The van der Waals surface area contributed by atoms with Crippen LogP contribution in [-0.2, 0) is 6.54 Å². The van der Waals surface area contributed by atoms with Crippen LogP contribution < -0.4 is 5.32 Å². The Hall–Kier alpha value is -1.00. The van der Waals surface area contributed by atoms with E-state index in [9.17, 15) is 8.78 Å². The van der Waals surface area contributed by atoms with Crippen molar-refractivity contribution in [2.24, 2.45) is 0 Å².